The minimum absolute atomic E-state index is 0.737. The number of rotatable bonds is 6. The standard InChI is InChI=1S/C14H28N2/c1-12(11-13-6-7-13)15-9-8-14-5-3-4-10-16(14)2/h12-15H,3-11H2,1-2H3. The van der Waals surface area contributed by atoms with Crippen LogP contribution in [0.15, 0.2) is 0 Å². The van der Waals surface area contributed by atoms with E-state index in [0.29, 0.717) is 0 Å². The zero-order chi connectivity index (χ0) is 11.4. The van der Waals surface area contributed by atoms with Gasteiger partial charge in [-0.3, -0.25) is 0 Å². The lowest BCUT2D eigenvalue weighted by Gasteiger charge is -2.32. The van der Waals surface area contributed by atoms with Gasteiger partial charge in [0.05, 0.1) is 0 Å². The van der Waals surface area contributed by atoms with Crippen LogP contribution in [-0.4, -0.2) is 37.1 Å². The summed E-state index contributed by atoms with van der Waals surface area (Å²) < 4.78 is 0. The van der Waals surface area contributed by atoms with E-state index in [1.54, 1.807) is 0 Å². The number of hydrogen-bond acceptors (Lipinski definition) is 2. The van der Waals surface area contributed by atoms with E-state index >= 15 is 0 Å². The Bertz CT molecular complexity index is 201. The van der Waals surface area contributed by atoms with Crippen LogP contribution in [0.5, 0.6) is 0 Å². The summed E-state index contributed by atoms with van der Waals surface area (Å²) in [5.74, 6) is 1.06. The molecule has 2 nitrogen and oxygen atoms in total. The molecular weight excluding hydrogens is 196 g/mol. The zero-order valence-electron chi connectivity index (χ0n) is 11.0. The summed E-state index contributed by atoms with van der Waals surface area (Å²) in [6, 6.07) is 1.58. The number of nitrogens with one attached hydrogen (secondary N) is 1. The average Bonchev–Trinajstić information content (AvgIpc) is 3.05. The molecule has 2 rings (SSSR count). The van der Waals surface area contributed by atoms with Crippen LogP contribution < -0.4 is 5.32 Å². The molecule has 1 aliphatic heterocycles. The average molecular weight is 224 g/mol. The highest BCUT2D eigenvalue weighted by Crippen LogP contribution is 2.33. The molecule has 16 heavy (non-hydrogen) atoms. The van der Waals surface area contributed by atoms with Gasteiger partial charge in [0, 0.05) is 12.1 Å². The van der Waals surface area contributed by atoms with Gasteiger partial charge < -0.3 is 10.2 Å². The van der Waals surface area contributed by atoms with Crippen molar-refractivity contribution in [2.24, 2.45) is 5.92 Å². The van der Waals surface area contributed by atoms with Crippen LogP contribution in [0, 0.1) is 5.92 Å². The maximum Gasteiger partial charge on any atom is 0.0104 e. The SMILES string of the molecule is CC(CC1CC1)NCCC1CCCCN1C. The van der Waals surface area contributed by atoms with E-state index in [2.05, 4.69) is 24.2 Å². The molecule has 2 atom stereocenters. The van der Waals surface area contributed by atoms with Crippen LogP contribution in [-0.2, 0) is 0 Å². The monoisotopic (exact) mass is 224 g/mol. The summed E-state index contributed by atoms with van der Waals surface area (Å²) >= 11 is 0. The largest absolute Gasteiger partial charge is 0.314 e. The maximum atomic E-state index is 3.70. The van der Waals surface area contributed by atoms with Gasteiger partial charge in [0.15, 0.2) is 0 Å². The Hall–Kier alpha value is -0.0800. The number of hydrogen-bond donors (Lipinski definition) is 1. The third-order valence-corrected chi connectivity index (χ3v) is 4.28. The Kier molecular flexibility index (Phi) is 4.66. The van der Waals surface area contributed by atoms with E-state index in [9.17, 15) is 0 Å². The van der Waals surface area contributed by atoms with Crippen molar-refractivity contribution in [3.05, 3.63) is 0 Å². The second-order valence-electron chi connectivity index (χ2n) is 5.95. The highest BCUT2D eigenvalue weighted by Gasteiger charge is 2.23. The third kappa shape index (κ3) is 4.06. The minimum atomic E-state index is 0.737. The van der Waals surface area contributed by atoms with E-state index in [0.717, 1.165) is 18.0 Å². The first-order valence-electron chi connectivity index (χ1n) is 7.19. The molecule has 2 aliphatic rings. The molecule has 2 unspecified atom stereocenters. The van der Waals surface area contributed by atoms with Crippen molar-refractivity contribution in [3.8, 4) is 0 Å². The first-order valence-corrected chi connectivity index (χ1v) is 7.19. The number of nitrogens with zero attached hydrogens (tertiary/aromatic N) is 1. The Morgan fingerprint density at radius 1 is 1.25 bits per heavy atom. The van der Waals surface area contributed by atoms with Crippen molar-refractivity contribution < 1.29 is 0 Å². The molecule has 1 saturated heterocycles. The van der Waals surface area contributed by atoms with Crippen molar-refractivity contribution in [2.45, 2.75) is 64.0 Å². The molecule has 0 aromatic carbocycles. The molecule has 2 fully saturated rings. The Balaban J connectivity index is 1.55. The summed E-state index contributed by atoms with van der Waals surface area (Å²) in [5, 5.41) is 3.70. The predicted molar refractivity (Wildman–Crippen MR) is 69.7 cm³/mol. The van der Waals surface area contributed by atoms with Crippen LogP contribution in [0.4, 0.5) is 0 Å². The fraction of sp³-hybridized carbons (Fsp3) is 1.00. The lowest BCUT2D eigenvalue weighted by atomic mass is 10.00. The van der Waals surface area contributed by atoms with E-state index in [-0.39, 0.29) is 0 Å². The molecule has 1 aliphatic carbocycles. The highest BCUT2D eigenvalue weighted by atomic mass is 15.1. The van der Waals surface area contributed by atoms with Gasteiger partial charge in [-0.15, -0.1) is 0 Å². The minimum Gasteiger partial charge on any atom is -0.314 e. The van der Waals surface area contributed by atoms with Crippen molar-refractivity contribution in [3.63, 3.8) is 0 Å². The van der Waals surface area contributed by atoms with E-state index in [4.69, 9.17) is 0 Å². The van der Waals surface area contributed by atoms with Gasteiger partial charge in [0.25, 0.3) is 0 Å². The van der Waals surface area contributed by atoms with E-state index in [1.807, 2.05) is 0 Å². The van der Waals surface area contributed by atoms with Crippen molar-refractivity contribution in [1.82, 2.24) is 10.2 Å². The van der Waals surface area contributed by atoms with Crippen molar-refractivity contribution in [2.75, 3.05) is 20.1 Å². The molecule has 0 amide bonds. The molecule has 0 aromatic rings. The van der Waals surface area contributed by atoms with Crippen LogP contribution >= 0.6 is 0 Å². The normalized spacial score (nSPS) is 29.2. The van der Waals surface area contributed by atoms with Crippen molar-refractivity contribution in [1.29, 1.82) is 0 Å². The van der Waals surface area contributed by atoms with Gasteiger partial charge in [0.1, 0.15) is 0 Å². The summed E-state index contributed by atoms with van der Waals surface area (Å²) in [7, 11) is 2.29. The van der Waals surface area contributed by atoms with Crippen LogP contribution in [0.2, 0.25) is 0 Å². The second kappa shape index (κ2) is 6.02. The summed E-state index contributed by atoms with van der Waals surface area (Å²) in [6.07, 6.45) is 9.96. The van der Waals surface area contributed by atoms with Gasteiger partial charge in [-0.1, -0.05) is 19.3 Å². The molecule has 0 radical (unpaired) electrons. The molecule has 1 heterocycles. The lowest BCUT2D eigenvalue weighted by Crippen LogP contribution is -2.39. The molecule has 1 N–H and O–H groups in total. The van der Waals surface area contributed by atoms with E-state index in [1.165, 1.54) is 58.0 Å². The molecule has 94 valence electrons. The molecule has 0 bridgehead atoms. The van der Waals surface area contributed by atoms with Gasteiger partial charge in [-0.2, -0.15) is 0 Å². The Morgan fingerprint density at radius 2 is 2.06 bits per heavy atom. The van der Waals surface area contributed by atoms with Crippen LogP contribution in [0.1, 0.15) is 51.9 Å². The predicted octanol–water partition coefficient (Wildman–Crippen LogP) is 2.64. The fourth-order valence-electron chi connectivity index (χ4n) is 2.94. The summed E-state index contributed by atoms with van der Waals surface area (Å²) in [5.41, 5.74) is 0. The molecule has 1 saturated carbocycles. The van der Waals surface area contributed by atoms with Gasteiger partial charge in [-0.25, -0.2) is 0 Å². The lowest BCUT2D eigenvalue weighted by molar-refractivity contribution is 0.174. The Labute approximate surface area is 101 Å². The number of piperidine rings is 1. The Morgan fingerprint density at radius 3 is 2.75 bits per heavy atom. The quantitative estimate of drug-likeness (QED) is 0.746. The zero-order valence-corrected chi connectivity index (χ0v) is 11.0. The third-order valence-electron chi connectivity index (χ3n) is 4.28. The van der Waals surface area contributed by atoms with Gasteiger partial charge in [0.2, 0.25) is 0 Å². The first-order chi connectivity index (χ1) is 7.75. The molecule has 0 spiro atoms. The first kappa shape index (κ1) is 12.4. The second-order valence-corrected chi connectivity index (χ2v) is 5.95. The summed E-state index contributed by atoms with van der Waals surface area (Å²) in [4.78, 5) is 2.55. The topological polar surface area (TPSA) is 15.3 Å². The van der Waals surface area contributed by atoms with E-state index < -0.39 is 0 Å². The maximum absolute atomic E-state index is 3.70. The van der Waals surface area contributed by atoms with Crippen LogP contribution in [0.25, 0.3) is 0 Å². The molecular formula is C14H28N2. The number of likely N-dealkylation sites (tertiary alicyclic amines) is 1. The van der Waals surface area contributed by atoms with Gasteiger partial charge in [-0.05, 0) is 58.7 Å². The smallest absolute Gasteiger partial charge is 0.0104 e. The van der Waals surface area contributed by atoms with Crippen molar-refractivity contribution >= 4 is 0 Å². The molecule has 2 heteroatoms. The summed E-state index contributed by atoms with van der Waals surface area (Å²) in [6.45, 7) is 4.87. The highest BCUT2D eigenvalue weighted by molar-refractivity contribution is 4.79. The van der Waals surface area contributed by atoms with Crippen LogP contribution in [0.3, 0.4) is 0 Å². The molecule has 0 aromatic heterocycles. The van der Waals surface area contributed by atoms with Gasteiger partial charge >= 0.3 is 0 Å². The fourth-order valence-corrected chi connectivity index (χ4v) is 2.94.